The van der Waals surface area contributed by atoms with Crippen LogP contribution in [0.2, 0.25) is 0 Å². The van der Waals surface area contributed by atoms with Gasteiger partial charge in [-0.15, -0.1) is 0 Å². The summed E-state index contributed by atoms with van der Waals surface area (Å²) in [6.07, 6.45) is 3.10. The van der Waals surface area contributed by atoms with E-state index in [2.05, 4.69) is 6.07 Å². The first-order valence-electron chi connectivity index (χ1n) is 10.3. The van der Waals surface area contributed by atoms with Crippen molar-refractivity contribution in [2.24, 2.45) is 11.8 Å². The van der Waals surface area contributed by atoms with Crippen LogP contribution in [0.5, 0.6) is 0 Å². The fourth-order valence-electron chi connectivity index (χ4n) is 4.00. The largest absolute Gasteiger partial charge is 0.342 e. The van der Waals surface area contributed by atoms with Crippen molar-refractivity contribution < 1.29 is 14.0 Å². The number of hydrogen-bond acceptors (Lipinski definition) is 3. The van der Waals surface area contributed by atoms with Crippen LogP contribution in [-0.4, -0.2) is 36.9 Å². The van der Waals surface area contributed by atoms with E-state index in [0.717, 1.165) is 24.8 Å². The van der Waals surface area contributed by atoms with Gasteiger partial charge < -0.3 is 9.80 Å². The molecule has 1 heterocycles. The quantitative estimate of drug-likeness (QED) is 0.756. The average molecular weight is 405 g/mol. The third-order valence-corrected chi connectivity index (χ3v) is 6.02. The van der Waals surface area contributed by atoms with E-state index in [0.29, 0.717) is 30.6 Å². The van der Waals surface area contributed by atoms with Crippen LogP contribution >= 0.6 is 0 Å². The van der Waals surface area contributed by atoms with Gasteiger partial charge in [0.1, 0.15) is 5.82 Å². The highest BCUT2D eigenvalue weighted by atomic mass is 19.1. The van der Waals surface area contributed by atoms with Gasteiger partial charge in [-0.2, -0.15) is 5.26 Å². The summed E-state index contributed by atoms with van der Waals surface area (Å²) in [4.78, 5) is 28.2. The van der Waals surface area contributed by atoms with Crippen molar-refractivity contribution in [3.05, 3.63) is 53.8 Å². The topological polar surface area (TPSA) is 64.4 Å². The Labute approximate surface area is 175 Å². The molecule has 6 heteroatoms. The summed E-state index contributed by atoms with van der Waals surface area (Å²) in [6, 6.07) is 13.8. The zero-order valence-corrected chi connectivity index (χ0v) is 17.0. The monoisotopic (exact) mass is 405 g/mol. The molecule has 4 rings (SSSR count). The van der Waals surface area contributed by atoms with Gasteiger partial charge in [0, 0.05) is 32.5 Å². The molecule has 0 radical (unpaired) electrons. The molecule has 1 aliphatic heterocycles. The predicted octanol–water partition coefficient (Wildman–Crippen LogP) is 3.98. The number of rotatable bonds is 5. The van der Waals surface area contributed by atoms with Crippen molar-refractivity contribution in [1.29, 1.82) is 5.26 Å². The van der Waals surface area contributed by atoms with Crippen molar-refractivity contribution >= 4 is 17.5 Å². The molecule has 1 saturated carbocycles. The lowest BCUT2D eigenvalue weighted by molar-refractivity contribution is -0.131. The summed E-state index contributed by atoms with van der Waals surface area (Å²) in [5, 5.41) is 8.90. The number of amides is 2. The molecule has 0 aromatic heterocycles. The van der Waals surface area contributed by atoms with E-state index in [1.165, 1.54) is 11.0 Å². The Kier molecular flexibility index (Phi) is 5.54. The van der Waals surface area contributed by atoms with E-state index in [1.54, 1.807) is 43.4 Å². The van der Waals surface area contributed by atoms with E-state index in [1.807, 2.05) is 4.90 Å². The maximum absolute atomic E-state index is 14.8. The number of benzene rings is 2. The summed E-state index contributed by atoms with van der Waals surface area (Å²) in [7, 11) is 1.59. The van der Waals surface area contributed by atoms with Crippen LogP contribution in [0.15, 0.2) is 42.5 Å². The van der Waals surface area contributed by atoms with Gasteiger partial charge in [0.2, 0.25) is 11.8 Å². The lowest BCUT2D eigenvalue weighted by atomic mass is 10.0. The third kappa shape index (κ3) is 4.20. The van der Waals surface area contributed by atoms with Crippen molar-refractivity contribution in [2.45, 2.75) is 25.7 Å². The molecule has 0 bridgehead atoms. The molecule has 2 aromatic carbocycles. The zero-order chi connectivity index (χ0) is 21.3. The van der Waals surface area contributed by atoms with E-state index in [4.69, 9.17) is 5.26 Å². The fourth-order valence-corrected chi connectivity index (χ4v) is 4.00. The maximum atomic E-state index is 14.8. The molecule has 154 valence electrons. The van der Waals surface area contributed by atoms with E-state index in [-0.39, 0.29) is 29.3 Å². The van der Waals surface area contributed by atoms with Crippen LogP contribution < -0.4 is 4.90 Å². The minimum Gasteiger partial charge on any atom is -0.342 e. The molecule has 1 saturated heterocycles. The molecule has 0 N–H and O–H groups in total. The molecule has 2 amide bonds. The first kappa shape index (κ1) is 20.1. The number of carbonyl (C=O) groups is 2. The summed E-state index contributed by atoms with van der Waals surface area (Å²) < 4.78 is 14.8. The van der Waals surface area contributed by atoms with Crippen LogP contribution in [-0.2, 0) is 9.59 Å². The maximum Gasteiger partial charge on any atom is 0.227 e. The van der Waals surface area contributed by atoms with Crippen LogP contribution in [0.1, 0.15) is 31.2 Å². The highest BCUT2D eigenvalue weighted by Gasteiger charge is 2.37. The summed E-state index contributed by atoms with van der Waals surface area (Å²) >= 11 is 0. The van der Waals surface area contributed by atoms with Crippen LogP contribution in [0, 0.1) is 29.0 Å². The van der Waals surface area contributed by atoms with Crippen molar-refractivity contribution in [2.75, 3.05) is 25.0 Å². The van der Waals surface area contributed by atoms with Gasteiger partial charge in [0.25, 0.3) is 0 Å². The standard InChI is InChI=1S/C24H24FN3O2/c1-27(23(29)12-17-10-11-28(15-17)24(30)19-6-7-19)22-9-8-20(13-21(22)25)18-4-2-16(14-26)3-5-18/h2-5,8-9,13,17,19H,6-7,10-12,15H2,1H3. The smallest absolute Gasteiger partial charge is 0.227 e. The number of nitrogens with zero attached hydrogens (tertiary/aromatic N) is 3. The van der Waals surface area contributed by atoms with Gasteiger partial charge in [-0.3, -0.25) is 9.59 Å². The summed E-state index contributed by atoms with van der Waals surface area (Å²) in [5.74, 6) is -0.0624. The van der Waals surface area contributed by atoms with E-state index in [9.17, 15) is 14.0 Å². The number of halogens is 1. The molecular weight excluding hydrogens is 381 g/mol. The second-order valence-electron chi connectivity index (χ2n) is 8.23. The minimum absolute atomic E-state index is 0.128. The first-order valence-corrected chi connectivity index (χ1v) is 10.3. The minimum atomic E-state index is -0.468. The first-order chi connectivity index (χ1) is 14.5. The van der Waals surface area contributed by atoms with Crippen molar-refractivity contribution in [1.82, 2.24) is 4.90 Å². The Morgan fingerprint density at radius 1 is 1.13 bits per heavy atom. The fraction of sp³-hybridized carbons (Fsp3) is 0.375. The van der Waals surface area contributed by atoms with E-state index >= 15 is 0 Å². The van der Waals surface area contributed by atoms with Gasteiger partial charge in [-0.1, -0.05) is 18.2 Å². The molecule has 5 nitrogen and oxygen atoms in total. The Morgan fingerprint density at radius 3 is 2.47 bits per heavy atom. The number of likely N-dealkylation sites (tertiary alicyclic amines) is 1. The Morgan fingerprint density at radius 2 is 1.83 bits per heavy atom. The Hall–Kier alpha value is -3.20. The molecule has 0 spiro atoms. The number of hydrogen-bond donors (Lipinski definition) is 0. The van der Waals surface area contributed by atoms with Gasteiger partial charge in [-0.25, -0.2) is 4.39 Å². The van der Waals surface area contributed by atoms with Crippen LogP contribution in [0.3, 0.4) is 0 Å². The molecule has 2 fully saturated rings. The third-order valence-electron chi connectivity index (χ3n) is 6.02. The molecule has 2 aliphatic rings. The molecule has 2 aromatic rings. The van der Waals surface area contributed by atoms with Gasteiger partial charge in [-0.05, 0) is 60.6 Å². The SMILES string of the molecule is CN(C(=O)CC1CCN(C(=O)C2CC2)C1)c1ccc(-c2ccc(C#N)cc2)cc1F. The molecule has 30 heavy (non-hydrogen) atoms. The second-order valence-corrected chi connectivity index (χ2v) is 8.23. The van der Waals surface area contributed by atoms with Crippen molar-refractivity contribution in [3.63, 3.8) is 0 Å². The highest BCUT2D eigenvalue weighted by Crippen LogP contribution is 2.34. The molecule has 1 atom stereocenters. The summed E-state index contributed by atoms with van der Waals surface area (Å²) in [5.41, 5.74) is 2.28. The predicted molar refractivity (Wildman–Crippen MR) is 112 cm³/mol. The normalized spacial score (nSPS) is 18.2. The van der Waals surface area contributed by atoms with Gasteiger partial charge >= 0.3 is 0 Å². The Bertz CT molecular complexity index is 1010. The second kappa shape index (κ2) is 8.27. The van der Waals surface area contributed by atoms with Crippen molar-refractivity contribution in [3.8, 4) is 17.2 Å². The van der Waals surface area contributed by atoms with Gasteiger partial charge in [0.05, 0.1) is 17.3 Å². The molecule has 1 unspecified atom stereocenters. The van der Waals surface area contributed by atoms with E-state index < -0.39 is 5.82 Å². The average Bonchev–Trinajstić information content (AvgIpc) is 3.51. The zero-order valence-electron chi connectivity index (χ0n) is 17.0. The lowest BCUT2D eigenvalue weighted by Crippen LogP contribution is -2.32. The van der Waals surface area contributed by atoms with Gasteiger partial charge in [0.15, 0.2) is 0 Å². The summed E-state index contributed by atoms with van der Waals surface area (Å²) in [6.45, 7) is 1.33. The number of nitriles is 1. The van der Waals surface area contributed by atoms with Crippen LogP contribution in [0.25, 0.3) is 11.1 Å². The molecular formula is C24H24FN3O2. The highest BCUT2D eigenvalue weighted by molar-refractivity contribution is 5.93. The lowest BCUT2D eigenvalue weighted by Gasteiger charge is -2.21. The number of anilines is 1. The molecule has 1 aliphatic carbocycles. The van der Waals surface area contributed by atoms with Crippen LogP contribution in [0.4, 0.5) is 10.1 Å². The Balaban J connectivity index is 1.40. The number of carbonyl (C=O) groups excluding carboxylic acids is 2.